The lowest BCUT2D eigenvalue weighted by atomic mass is 9.87. The number of nitrogens with one attached hydrogen (secondary N) is 1. The van der Waals surface area contributed by atoms with Crippen LogP contribution in [-0.4, -0.2) is 25.4 Å². The van der Waals surface area contributed by atoms with Crippen LogP contribution in [0.1, 0.15) is 12.5 Å². The summed E-state index contributed by atoms with van der Waals surface area (Å²) in [4.78, 5) is 11.7. The zero-order chi connectivity index (χ0) is 19.8. The first kappa shape index (κ1) is 20.9. The summed E-state index contributed by atoms with van der Waals surface area (Å²) in [6.45, 7) is -0.414. The van der Waals surface area contributed by atoms with Gasteiger partial charge in [-0.3, -0.25) is 4.79 Å². The highest BCUT2D eigenvalue weighted by atomic mass is 19.4. The molecule has 0 heterocycles. The first-order chi connectivity index (χ1) is 11.1. The second kappa shape index (κ2) is 6.30. The summed E-state index contributed by atoms with van der Waals surface area (Å²) in [6.07, 6.45) is -17.0. The molecule has 0 aliphatic carbocycles. The summed E-state index contributed by atoms with van der Waals surface area (Å²) in [5.74, 6) is -3.14. The van der Waals surface area contributed by atoms with E-state index in [0.717, 1.165) is 7.11 Å². The molecule has 0 bridgehead atoms. The standard InChI is InChI=1S/C13H10F9NO2/c1-10(12(17,18)19,13(20,21)22)9(24)23-7-5-6(11(14,15)16)3-4-8(7)25-2/h3-5H,1-2H3,(H,23,24). The van der Waals surface area contributed by atoms with E-state index in [1.54, 1.807) is 0 Å². The van der Waals surface area contributed by atoms with Crippen LogP contribution in [-0.2, 0) is 11.0 Å². The summed E-state index contributed by atoms with van der Waals surface area (Å²) in [5.41, 5.74) is -7.22. The van der Waals surface area contributed by atoms with E-state index in [9.17, 15) is 44.3 Å². The van der Waals surface area contributed by atoms with Crippen LogP contribution in [0.2, 0.25) is 0 Å². The Morgan fingerprint density at radius 2 is 1.44 bits per heavy atom. The first-order valence-electron chi connectivity index (χ1n) is 6.26. The minimum atomic E-state index is -6.04. The van der Waals surface area contributed by atoms with E-state index in [0.29, 0.717) is 12.1 Å². The van der Waals surface area contributed by atoms with Crippen molar-refractivity contribution in [2.45, 2.75) is 25.5 Å². The van der Waals surface area contributed by atoms with Crippen molar-refractivity contribution in [3.63, 3.8) is 0 Å². The van der Waals surface area contributed by atoms with E-state index in [4.69, 9.17) is 0 Å². The zero-order valence-corrected chi connectivity index (χ0v) is 12.5. The van der Waals surface area contributed by atoms with Gasteiger partial charge in [-0.05, 0) is 25.1 Å². The highest BCUT2D eigenvalue weighted by molar-refractivity contribution is 5.97. The molecule has 142 valence electrons. The molecule has 3 nitrogen and oxygen atoms in total. The Hall–Kier alpha value is -2.14. The second-order valence-corrected chi connectivity index (χ2v) is 4.99. The van der Waals surface area contributed by atoms with E-state index in [1.165, 1.54) is 5.32 Å². The van der Waals surface area contributed by atoms with Crippen molar-refractivity contribution < 1.29 is 49.0 Å². The van der Waals surface area contributed by atoms with E-state index in [-0.39, 0.29) is 6.07 Å². The molecule has 0 radical (unpaired) electrons. The molecule has 0 aromatic heterocycles. The minimum Gasteiger partial charge on any atom is -0.495 e. The number of anilines is 1. The Morgan fingerprint density at radius 1 is 0.960 bits per heavy atom. The highest BCUT2D eigenvalue weighted by Crippen LogP contribution is 2.51. The number of amides is 1. The van der Waals surface area contributed by atoms with Gasteiger partial charge in [-0.15, -0.1) is 0 Å². The van der Waals surface area contributed by atoms with Gasteiger partial charge in [0, 0.05) is 0 Å². The molecule has 0 spiro atoms. The lowest BCUT2D eigenvalue weighted by Gasteiger charge is -2.32. The molecule has 1 aromatic rings. The van der Waals surface area contributed by atoms with Crippen LogP contribution in [0.5, 0.6) is 5.75 Å². The SMILES string of the molecule is COc1ccc(C(F)(F)F)cc1NC(=O)C(C)(C(F)(F)F)C(F)(F)F. The van der Waals surface area contributed by atoms with E-state index in [1.807, 2.05) is 0 Å². The molecule has 12 heteroatoms. The van der Waals surface area contributed by atoms with Crippen molar-refractivity contribution in [1.82, 2.24) is 0 Å². The normalized spacial score (nSPS) is 13.6. The van der Waals surface area contributed by atoms with Crippen molar-refractivity contribution in [3.05, 3.63) is 23.8 Å². The van der Waals surface area contributed by atoms with Crippen molar-refractivity contribution in [1.29, 1.82) is 0 Å². The van der Waals surface area contributed by atoms with Gasteiger partial charge in [0.2, 0.25) is 11.3 Å². The fourth-order valence-electron chi connectivity index (χ4n) is 1.65. The number of rotatable bonds is 3. The smallest absolute Gasteiger partial charge is 0.416 e. The molecule has 1 amide bonds. The maximum atomic E-state index is 12.8. The fourth-order valence-corrected chi connectivity index (χ4v) is 1.65. The van der Waals surface area contributed by atoms with Crippen LogP contribution < -0.4 is 10.1 Å². The predicted octanol–water partition coefficient (Wildman–Crippen LogP) is 4.78. The van der Waals surface area contributed by atoms with Crippen LogP contribution in [0.4, 0.5) is 45.2 Å². The third kappa shape index (κ3) is 3.93. The first-order valence-corrected chi connectivity index (χ1v) is 6.26. The summed E-state index contributed by atoms with van der Waals surface area (Å²) >= 11 is 0. The molecule has 0 fully saturated rings. The Morgan fingerprint density at radius 3 is 1.80 bits per heavy atom. The van der Waals surface area contributed by atoms with Crippen molar-refractivity contribution in [2.24, 2.45) is 5.41 Å². The molecule has 0 saturated heterocycles. The number of hydrogen-bond acceptors (Lipinski definition) is 2. The van der Waals surface area contributed by atoms with Crippen LogP contribution in [0.15, 0.2) is 18.2 Å². The number of halogens is 9. The van der Waals surface area contributed by atoms with Gasteiger partial charge in [-0.25, -0.2) is 0 Å². The number of alkyl halides is 9. The topological polar surface area (TPSA) is 38.3 Å². The van der Waals surface area contributed by atoms with Gasteiger partial charge in [0.15, 0.2) is 0 Å². The molecule has 0 unspecified atom stereocenters. The molecule has 25 heavy (non-hydrogen) atoms. The van der Waals surface area contributed by atoms with Crippen LogP contribution in [0, 0.1) is 5.41 Å². The van der Waals surface area contributed by atoms with Gasteiger partial charge >= 0.3 is 18.5 Å². The second-order valence-electron chi connectivity index (χ2n) is 4.99. The summed E-state index contributed by atoms with van der Waals surface area (Å²) in [6, 6.07) is 1.31. The summed E-state index contributed by atoms with van der Waals surface area (Å²) in [7, 11) is 0.908. The lowest BCUT2D eigenvalue weighted by Crippen LogP contribution is -2.55. The zero-order valence-electron chi connectivity index (χ0n) is 12.5. The number of hydrogen-bond donors (Lipinski definition) is 1. The number of carbonyl (C=O) groups is 1. The summed E-state index contributed by atoms with van der Waals surface area (Å²) < 4.78 is 119. The van der Waals surface area contributed by atoms with Gasteiger partial charge in [-0.2, -0.15) is 39.5 Å². The van der Waals surface area contributed by atoms with Crippen molar-refractivity contribution >= 4 is 11.6 Å². The van der Waals surface area contributed by atoms with Gasteiger partial charge in [0.05, 0.1) is 18.4 Å². The van der Waals surface area contributed by atoms with Gasteiger partial charge in [0.1, 0.15) is 5.75 Å². The van der Waals surface area contributed by atoms with Gasteiger partial charge in [-0.1, -0.05) is 0 Å². The van der Waals surface area contributed by atoms with Crippen LogP contribution in [0.25, 0.3) is 0 Å². The molecular weight excluding hydrogens is 373 g/mol. The number of benzene rings is 1. The molecule has 1 rings (SSSR count). The molecule has 0 saturated carbocycles. The minimum absolute atomic E-state index is 0.171. The van der Waals surface area contributed by atoms with Crippen molar-refractivity contribution in [2.75, 3.05) is 12.4 Å². The Labute approximate surface area is 134 Å². The van der Waals surface area contributed by atoms with Crippen LogP contribution in [0.3, 0.4) is 0 Å². The number of carbonyl (C=O) groups excluding carboxylic acids is 1. The largest absolute Gasteiger partial charge is 0.495 e. The molecule has 0 atom stereocenters. The molecule has 0 aliphatic heterocycles. The van der Waals surface area contributed by atoms with E-state index in [2.05, 4.69) is 4.74 Å². The molecule has 1 N–H and O–H groups in total. The van der Waals surface area contributed by atoms with E-state index >= 15 is 0 Å². The maximum absolute atomic E-state index is 12.8. The summed E-state index contributed by atoms with van der Waals surface area (Å²) in [5, 5.41) is 1.22. The number of ether oxygens (including phenoxy) is 1. The fraction of sp³-hybridized carbons (Fsp3) is 0.462. The Kier molecular flexibility index (Phi) is 5.27. The Balaban J connectivity index is 3.39. The number of methoxy groups -OCH3 is 1. The monoisotopic (exact) mass is 383 g/mol. The van der Waals surface area contributed by atoms with Crippen molar-refractivity contribution in [3.8, 4) is 5.75 Å². The third-order valence-electron chi connectivity index (χ3n) is 3.36. The van der Waals surface area contributed by atoms with Gasteiger partial charge < -0.3 is 10.1 Å². The quantitative estimate of drug-likeness (QED) is 0.763. The third-order valence-corrected chi connectivity index (χ3v) is 3.36. The molecular formula is C13H10F9NO2. The van der Waals surface area contributed by atoms with Gasteiger partial charge in [0.25, 0.3) is 0 Å². The van der Waals surface area contributed by atoms with Crippen LogP contribution >= 0.6 is 0 Å². The molecule has 0 aliphatic rings. The maximum Gasteiger partial charge on any atom is 0.416 e. The lowest BCUT2D eigenvalue weighted by molar-refractivity contribution is -0.317. The molecule has 1 aromatic carbocycles. The average molecular weight is 383 g/mol. The highest BCUT2D eigenvalue weighted by Gasteiger charge is 2.72. The predicted molar refractivity (Wildman–Crippen MR) is 66.8 cm³/mol. The van der Waals surface area contributed by atoms with E-state index < -0.39 is 53.8 Å². The Bertz CT molecular complexity index is 632. The average Bonchev–Trinajstić information content (AvgIpc) is 2.42.